The summed E-state index contributed by atoms with van der Waals surface area (Å²) in [6.45, 7) is 3.92. The molecule has 1 heterocycles. The van der Waals surface area contributed by atoms with E-state index in [0.29, 0.717) is 33.8 Å². The van der Waals surface area contributed by atoms with Gasteiger partial charge in [0, 0.05) is 13.0 Å². The summed E-state index contributed by atoms with van der Waals surface area (Å²) in [5, 5.41) is 12.3. The first kappa shape index (κ1) is 14.3. The van der Waals surface area contributed by atoms with Crippen molar-refractivity contribution >= 4 is 23.2 Å². The van der Waals surface area contributed by atoms with Crippen LogP contribution in [-0.4, -0.2) is 23.3 Å². The lowest BCUT2D eigenvalue weighted by atomic mass is 10.2. The molecule has 0 fully saturated rings. The van der Waals surface area contributed by atoms with Crippen molar-refractivity contribution in [2.45, 2.75) is 19.8 Å². The molecule has 4 nitrogen and oxygen atoms in total. The Balaban J connectivity index is 2.08. The predicted octanol–water partition coefficient (Wildman–Crippen LogP) is 3.59. The molecule has 0 aliphatic rings. The molecule has 6 heteroatoms. The Morgan fingerprint density at radius 2 is 1.89 bits per heavy atom. The summed E-state index contributed by atoms with van der Waals surface area (Å²) in [6, 6.07) is 5.27. The molecular formula is C13H15Cl2N3O. The van der Waals surface area contributed by atoms with E-state index in [1.165, 1.54) is 0 Å². The van der Waals surface area contributed by atoms with E-state index in [4.69, 9.17) is 27.6 Å². The molecule has 0 radical (unpaired) electrons. The second-order valence-electron chi connectivity index (χ2n) is 4.10. The number of hydrogen-bond donors (Lipinski definition) is 1. The molecular weight excluding hydrogens is 285 g/mol. The minimum atomic E-state index is 0.362. The molecule has 0 aliphatic carbocycles. The quantitative estimate of drug-likeness (QED) is 0.828. The van der Waals surface area contributed by atoms with Crippen LogP contribution in [0.15, 0.2) is 22.6 Å². The van der Waals surface area contributed by atoms with Crippen LogP contribution in [0.1, 0.15) is 19.2 Å². The number of rotatable bonds is 6. The van der Waals surface area contributed by atoms with Crippen LogP contribution >= 0.6 is 23.2 Å². The molecule has 102 valence electrons. The number of nitrogens with zero attached hydrogens (tertiary/aromatic N) is 2. The highest BCUT2D eigenvalue weighted by atomic mass is 35.5. The summed E-state index contributed by atoms with van der Waals surface area (Å²) in [5.41, 5.74) is 0.589. The van der Waals surface area contributed by atoms with Gasteiger partial charge in [0.1, 0.15) is 0 Å². The van der Waals surface area contributed by atoms with E-state index in [9.17, 15) is 0 Å². The maximum atomic E-state index is 6.09. The Bertz CT molecular complexity index is 522. The van der Waals surface area contributed by atoms with Crippen molar-refractivity contribution in [2.24, 2.45) is 0 Å². The standard InChI is InChI=1S/C13H15Cl2N3O/c1-2-7-16-8-6-11-17-18-13(19-11)12-9(14)4-3-5-10(12)15/h3-5,16H,2,6-8H2,1H3. The molecule has 0 spiro atoms. The van der Waals surface area contributed by atoms with Crippen molar-refractivity contribution in [2.75, 3.05) is 13.1 Å². The molecule has 1 aromatic carbocycles. The van der Waals surface area contributed by atoms with Gasteiger partial charge in [0.05, 0.1) is 15.6 Å². The number of nitrogens with one attached hydrogen (secondary N) is 1. The highest BCUT2D eigenvalue weighted by Crippen LogP contribution is 2.33. The van der Waals surface area contributed by atoms with E-state index in [2.05, 4.69) is 22.4 Å². The van der Waals surface area contributed by atoms with Gasteiger partial charge >= 0.3 is 0 Å². The van der Waals surface area contributed by atoms with Crippen LogP contribution in [0.25, 0.3) is 11.5 Å². The summed E-state index contributed by atoms with van der Waals surface area (Å²) in [4.78, 5) is 0. The number of aromatic nitrogens is 2. The summed E-state index contributed by atoms with van der Waals surface area (Å²) in [7, 11) is 0. The van der Waals surface area contributed by atoms with Gasteiger partial charge in [0.25, 0.3) is 5.89 Å². The van der Waals surface area contributed by atoms with Crippen molar-refractivity contribution in [3.8, 4) is 11.5 Å². The van der Waals surface area contributed by atoms with Gasteiger partial charge in [-0.1, -0.05) is 36.2 Å². The largest absolute Gasteiger partial charge is 0.421 e. The van der Waals surface area contributed by atoms with Crippen LogP contribution in [0.5, 0.6) is 0 Å². The summed E-state index contributed by atoms with van der Waals surface area (Å²) >= 11 is 12.2. The SMILES string of the molecule is CCCNCCc1nnc(-c2c(Cl)cccc2Cl)o1. The third kappa shape index (κ3) is 3.69. The minimum absolute atomic E-state index is 0.362. The monoisotopic (exact) mass is 299 g/mol. The average molecular weight is 300 g/mol. The van der Waals surface area contributed by atoms with Gasteiger partial charge in [-0.2, -0.15) is 0 Å². The number of hydrogen-bond acceptors (Lipinski definition) is 4. The summed E-state index contributed by atoms with van der Waals surface area (Å²) < 4.78 is 5.58. The van der Waals surface area contributed by atoms with Gasteiger partial charge in [0.2, 0.25) is 5.89 Å². The van der Waals surface area contributed by atoms with Gasteiger partial charge < -0.3 is 9.73 Å². The Labute approximate surface area is 122 Å². The lowest BCUT2D eigenvalue weighted by molar-refractivity contribution is 0.494. The maximum absolute atomic E-state index is 6.09. The first-order valence-electron chi connectivity index (χ1n) is 6.20. The second kappa shape index (κ2) is 6.89. The highest BCUT2D eigenvalue weighted by Gasteiger charge is 2.15. The van der Waals surface area contributed by atoms with Gasteiger partial charge in [-0.25, -0.2) is 0 Å². The zero-order valence-corrected chi connectivity index (χ0v) is 12.1. The van der Waals surface area contributed by atoms with E-state index in [0.717, 1.165) is 19.5 Å². The van der Waals surface area contributed by atoms with E-state index in [1.54, 1.807) is 18.2 Å². The molecule has 1 N–H and O–H groups in total. The van der Waals surface area contributed by atoms with Crippen molar-refractivity contribution in [1.29, 1.82) is 0 Å². The van der Waals surface area contributed by atoms with Gasteiger partial charge in [-0.3, -0.25) is 0 Å². The first-order valence-corrected chi connectivity index (χ1v) is 6.95. The van der Waals surface area contributed by atoms with E-state index >= 15 is 0 Å². The molecule has 0 saturated carbocycles. The Kier molecular flexibility index (Phi) is 5.19. The van der Waals surface area contributed by atoms with Crippen LogP contribution in [0, 0.1) is 0 Å². The van der Waals surface area contributed by atoms with Crippen molar-refractivity contribution in [3.63, 3.8) is 0 Å². The van der Waals surface area contributed by atoms with Crippen LogP contribution in [0.3, 0.4) is 0 Å². The molecule has 0 unspecified atom stereocenters. The summed E-state index contributed by atoms with van der Waals surface area (Å²) in [6.07, 6.45) is 1.79. The van der Waals surface area contributed by atoms with Crippen molar-refractivity contribution < 1.29 is 4.42 Å². The normalized spacial score (nSPS) is 10.9. The smallest absolute Gasteiger partial charge is 0.250 e. The molecule has 0 amide bonds. The minimum Gasteiger partial charge on any atom is -0.421 e. The third-order valence-electron chi connectivity index (χ3n) is 2.59. The second-order valence-corrected chi connectivity index (χ2v) is 4.91. The predicted molar refractivity (Wildman–Crippen MR) is 76.6 cm³/mol. The van der Waals surface area contributed by atoms with Crippen LogP contribution < -0.4 is 5.32 Å². The lowest BCUT2D eigenvalue weighted by Gasteiger charge is -2.01. The van der Waals surface area contributed by atoms with Gasteiger partial charge in [-0.15, -0.1) is 10.2 Å². The van der Waals surface area contributed by atoms with E-state index in [1.807, 2.05) is 0 Å². The van der Waals surface area contributed by atoms with Crippen LogP contribution in [0.4, 0.5) is 0 Å². The zero-order chi connectivity index (χ0) is 13.7. The zero-order valence-electron chi connectivity index (χ0n) is 10.6. The molecule has 2 rings (SSSR count). The van der Waals surface area contributed by atoms with Crippen LogP contribution in [-0.2, 0) is 6.42 Å². The van der Waals surface area contributed by atoms with Gasteiger partial charge in [-0.05, 0) is 25.1 Å². The molecule has 0 bridgehead atoms. The highest BCUT2D eigenvalue weighted by molar-refractivity contribution is 6.38. The fourth-order valence-corrected chi connectivity index (χ4v) is 2.21. The first-order chi connectivity index (χ1) is 9.22. The molecule has 1 aromatic heterocycles. The van der Waals surface area contributed by atoms with E-state index in [-0.39, 0.29) is 0 Å². The molecule has 0 atom stereocenters. The van der Waals surface area contributed by atoms with Crippen LogP contribution in [0.2, 0.25) is 10.0 Å². The molecule has 0 aliphatic heterocycles. The Hall–Kier alpha value is -1.10. The topological polar surface area (TPSA) is 51.0 Å². The Morgan fingerprint density at radius 3 is 2.58 bits per heavy atom. The number of halogens is 2. The van der Waals surface area contributed by atoms with Crippen molar-refractivity contribution in [1.82, 2.24) is 15.5 Å². The maximum Gasteiger partial charge on any atom is 0.250 e. The fourth-order valence-electron chi connectivity index (χ4n) is 1.65. The third-order valence-corrected chi connectivity index (χ3v) is 3.22. The fraction of sp³-hybridized carbons (Fsp3) is 0.385. The van der Waals surface area contributed by atoms with Crippen molar-refractivity contribution in [3.05, 3.63) is 34.1 Å². The average Bonchev–Trinajstić information content (AvgIpc) is 2.83. The molecule has 2 aromatic rings. The van der Waals surface area contributed by atoms with Gasteiger partial charge in [0.15, 0.2) is 0 Å². The summed E-state index contributed by atoms with van der Waals surface area (Å²) in [5.74, 6) is 0.940. The molecule has 19 heavy (non-hydrogen) atoms. The molecule has 0 saturated heterocycles. The number of benzene rings is 1. The lowest BCUT2D eigenvalue weighted by Crippen LogP contribution is -2.17. The Morgan fingerprint density at radius 1 is 1.16 bits per heavy atom. The van der Waals surface area contributed by atoms with E-state index < -0.39 is 0 Å².